The molecular formula is C17H21N3O. The lowest BCUT2D eigenvalue weighted by Crippen LogP contribution is -2.32. The van der Waals surface area contributed by atoms with E-state index in [9.17, 15) is 4.79 Å². The molecule has 0 heterocycles. The first-order chi connectivity index (χ1) is 10.1. The van der Waals surface area contributed by atoms with E-state index >= 15 is 0 Å². The zero-order chi connectivity index (χ0) is 15.2. The molecule has 0 aliphatic carbocycles. The molecule has 0 fully saturated rings. The van der Waals surface area contributed by atoms with Crippen molar-refractivity contribution in [1.29, 1.82) is 0 Å². The summed E-state index contributed by atoms with van der Waals surface area (Å²) in [6, 6.07) is 15.5. The lowest BCUT2D eigenvalue weighted by atomic mass is 10.1. The van der Waals surface area contributed by atoms with Gasteiger partial charge in [-0.3, -0.25) is 4.79 Å². The fraction of sp³-hybridized carbons (Fsp3) is 0.235. The highest BCUT2D eigenvalue weighted by Gasteiger charge is 2.10. The summed E-state index contributed by atoms with van der Waals surface area (Å²) in [5.74, 6) is -0.191. The van der Waals surface area contributed by atoms with E-state index in [-0.39, 0.29) is 5.91 Å². The first-order valence-electron chi connectivity index (χ1n) is 7.01. The molecule has 4 nitrogen and oxygen atoms in total. The lowest BCUT2D eigenvalue weighted by molar-refractivity contribution is -0.117. The quantitative estimate of drug-likeness (QED) is 0.790. The Morgan fingerprint density at radius 3 is 2.52 bits per heavy atom. The zero-order valence-electron chi connectivity index (χ0n) is 12.4. The van der Waals surface area contributed by atoms with Crippen LogP contribution in [-0.2, 0) is 11.3 Å². The minimum atomic E-state index is -0.535. The van der Waals surface area contributed by atoms with Gasteiger partial charge in [0, 0.05) is 6.54 Å². The zero-order valence-corrected chi connectivity index (χ0v) is 12.4. The molecule has 0 aliphatic heterocycles. The van der Waals surface area contributed by atoms with E-state index < -0.39 is 6.04 Å². The molecule has 0 spiro atoms. The monoisotopic (exact) mass is 283 g/mol. The maximum absolute atomic E-state index is 11.8. The Bertz CT molecular complexity index is 609. The second-order valence-corrected chi connectivity index (χ2v) is 5.17. The smallest absolute Gasteiger partial charge is 0.241 e. The summed E-state index contributed by atoms with van der Waals surface area (Å²) in [5, 5.41) is 6.21. The highest BCUT2D eigenvalue weighted by Crippen LogP contribution is 2.24. The van der Waals surface area contributed by atoms with Crippen LogP contribution in [0.2, 0.25) is 0 Å². The molecule has 2 aromatic carbocycles. The van der Waals surface area contributed by atoms with Gasteiger partial charge in [-0.05, 0) is 37.1 Å². The normalized spacial score (nSPS) is 11.8. The van der Waals surface area contributed by atoms with Crippen molar-refractivity contribution in [2.24, 2.45) is 5.73 Å². The Balaban J connectivity index is 2.13. The average molecular weight is 283 g/mol. The third-order valence-electron chi connectivity index (χ3n) is 3.17. The van der Waals surface area contributed by atoms with Crippen molar-refractivity contribution in [2.45, 2.75) is 26.4 Å². The highest BCUT2D eigenvalue weighted by molar-refractivity contribution is 5.97. The van der Waals surface area contributed by atoms with E-state index in [0.29, 0.717) is 6.54 Å². The van der Waals surface area contributed by atoms with Crippen LogP contribution >= 0.6 is 0 Å². The number of carbonyl (C=O) groups is 1. The third kappa shape index (κ3) is 4.33. The minimum Gasteiger partial charge on any atom is -0.379 e. The number of carbonyl (C=O) groups excluding carboxylic acids is 1. The van der Waals surface area contributed by atoms with E-state index in [1.54, 1.807) is 6.92 Å². The van der Waals surface area contributed by atoms with Crippen LogP contribution < -0.4 is 16.4 Å². The molecule has 0 radical (unpaired) electrons. The van der Waals surface area contributed by atoms with E-state index in [1.165, 1.54) is 5.56 Å². The van der Waals surface area contributed by atoms with Gasteiger partial charge in [0.1, 0.15) is 0 Å². The second-order valence-electron chi connectivity index (χ2n) is 5.17. The molecule has 2 rings (SSSR count). The first kappa shape index (κ1) is 15.1. The molecule has 4 heteroatoms. The molecule has 1 amide bonds. The number of hydrogen-bond donors (Lipinski definition) is 3. The standard InChI is InChI=1S/C17H21N3O/c1-12-8-9-15(16(10-12)20-17(21)13(2)18)19-11-14-6-4-3-5-7-14/h3-10,13,19H,11,18H2,1-2H3,(H,20,21). The van der Waals surface area contributed by atoms with Crippen molar-refractivity contribution in [3.8, 4) is 0 Å². The van der Waals surface area contributed by atoms with Gasteiger partial charge in [0.15, 0.2) is 0 Å². The number of hydrogen-bond acceptors (Lipinski definition) is 3. The van der Waals surface area contributed by atoms with Crippen LogP contribution in [0.4, 0.5) is 11.4 Å². The molecule has 4 N–H and O–H groups in total. The highest BCUT2D eigenvalue weighted by atomic mass is 16.2. The largest absolute Gasteiger partial charge is 0.379 e. The van der Waals surface area contributed by atoms with Gasteiger partial charge in [-0.2, -0.15) is 0 Å². The van der Waals surface area contributed by atoms with Gasteiger partial charge < -0.3 is 16.4 Å². The van der Waals surface area contributed by atoms with Gasteiger partial charge in [-0.25, -0.2) is 0 Å². The Hall–Kier alpha value is -2.33. The molecule has 0 saturated heterocycles. The van der Waals surface area contributed by atoms with Crippen LogP contribution in [0.25, 0.3) is 0 Å². The fourth-order valence-corrected chi connectivity index (χ4v) is 1.96. The predicted molar refractivity (Wildman–Crippen MR) is 87.2 cm³/mol. The third-order valence-corrected chi connectivity index (χ3v) is 3.17. The average Bonchev–Trinajstić information content (AvgIpc) is 2.47. The van der Waals surface area contributed by atoms with Gasteiger partial charge in [0.2, 0.25) is 5.91 Å². The lowest BCUT2D eigenvalue weighted by Gasteiger charge is -2.15. The molecule has 0 aromatic heterocycles. The van der Waals surface area contributed by atoms with E-state index in [1.807, 2.05) is 43.3 Å². The summed E-state index contributed by atoms with van der Waals surface area (Å²) >= 11 is 0. The molecular weight excluding hydrogens is 262 g/mol. The summed E-state index contributed by atoms with van der Waals surface area (Å²) in [6.45, 7) is 4.36. The van der Waals surface area contributed by atoms with Crippen LogP contribution in [-0.4, -0.2) is 11.9 Å². The molecule has 110 valence electrons. The minimum absolute atomic E-state index is 0.191. The summed E-state index contributed by atoms with van der Waals surface area (Å²) in [7, 11) is 0. The topological polar surface area (TPSA) is 67.1 Å². The first-order valence-corrected chi connectivity index (χ1v) is 7.01. The van der Waals surface area contributed by atoms with E-state index in [4.69, 9.17) is 5.73 Å². The van der Waals surface area contributed by atoms with Crippen LogP contribution in [0.3, 0.4) is 0 Å². The second kappa shape index (κ2) is 6.90. The Morgan fingerprint density at radius 2 is 1.86 bits per heavy atom. The van der Waals surface area contributed by atoms with Crippen molar-refractivity contribution in [3.63, 3.8) is 0 Å². The van der Waals surface area contributed by atoms with Crippen molar-refractivity contribution >= 4 is 17.3 Å². The molecule has 2 aromatic rings. The summed E-state index contributed by atoms with van der Waals surface area (Å²) in [5.41, 5.74) is 9.52. The maximum Gasteiger partial charge on any atom is 0.241 e. The fourth-order valence-electron chi connectivity index (χ4n) is 1.96. The van der Waals surface area contributed by atoms with Crippen LogP contribution in [0.5, 0.6) is 0 Å². The Labute approximate surface area is 125 Å². The number of amides is 1. The molecule has 0 aliphatic rings. The Kier molecular flexibility index (Phi) is 4.95. The van der Waals surface area contributed by atoms with Gasteiger partial charge in [-0.15, -0.1) is 0 Å². The van der Waals surface area contributed by atoms with Crippen molar-refractivity contribution < 1.29 is 4.79 Å². The van der Waals surface area contributed by atoms with Crippen LogP contribution in [0.1, 0.15) is 18.1 Å². The van der Waals surface area contributed by atoms with Crippen molar-refractivity contribution in [1.82, 2.24) is 0 Å². The molecule has 1 atom stereocenters. The van der Waals surface area contributed by atoms with Gasteiger partial charge >= 0.3 is 0 Å². The van der Waals surface area contributed by atoms with Crippen molar-refractivity contribution in [2.75, 3.05) is 10.6 Å². The van der Waals surface area contributed by atoms with E-state index in [2.05, 4.69) is 22.8 Å². The predicted octanol–water partition coefficient (Wildman–Crippen LogP) is 2.89. The number of nitrogens with two attached hydrogens (primary N) is 1. The van der Waals surface area contributed by atoms with Crippen LogP contribution in [0.15, 0.2) is 48.5 Å². The molecule has 21 heavy (non-hydrogen) atoms. The molecule has 1 unspecified atom stereocenters. The summed E-state index contributed by atoms with van der Waals surface area (Å²) < 4.78 is 0. The SMILES string of the molecule is Cc1ccc(NCc2ccccc2)c(NC(=O)C(C)N)c1. The Morgan fingerprint density at radius 1 is 1.14 bits per heavy atom. The number of rotatable bonds is 5. The molecule has 0 saturated carbocycles. The summed E-state index contributed by atoms with van der Waals surface area (Å²) in [4.78, 5) is 11.8. The number of aryl methyl sites for hydroxylation is 1. The summed E-state index contributed by atoms with van der Waals surface area (Å²) in [6.07, 6.45) is 0. The number of nitrogens with one attached hydrogen (secondary N) is 2. The molecule has 0 bridgehead atoms. The van der Waals surface area contributed by atoms with Crippen molar-refractivity contribution in [3.05, 3.63) is 59.7 Å². The maximum atomic E-state index is 11.8. The van der Waals surface area contributed by atoms with E-state index in [0.717, 1.165) is 16.9 Å². The van der Waals surface area contributed by atoms with Crippen LogP contribution in [0, 0.1) is 6.92 Å². The number of benzene rings is 2. The number of anilines is 2. The van der Waals surface area contributed by atoms with Gasteiger partial charge in [0.25, 0.3) is 0 Å². The van der Waals surface area contributed by atoms with Gasteiger partial charge in [-0.1, -0.05) is 36.4 Å². The van der Waals surface area contributed by atoms with Gasteiger partial charge in [0.05, 0.1) is 17.4 Å².